The topological polar surface area (TPSA) is 55.0 Å². The molecule has 0 spiro atoms. The largest absolute Gasteiger partial charge is 0.468 e. The van der Waals surface area contributed by atoms with Crippen molar-refractivity contribution in [2.24, 2.45) is 0 Å². The van der Waals surface area contributed by atoms with Gasteiger partial charge in [0.15, 0.2) is 0 Å². The summed E-state index contributed by atoms with van der Waals surface area (Å²) in [7, 11) is 1.43. The summed E-state index contributed by atoms with van der Waals surface area (Å²) in [6, 6.07) is 9.97. The number of ether oxygens (including phenoxy) is 1. The molecule has 1 saturated carbocycles. The van der Waals surface area contributed by atoms with Crippen molar-refractivity contribution in [3.05, 3.63) is 42.4 Å². The van der Waals surface area contributed by atoms with Crippen LogP contribution in [0.2, 0.25) is 0 Å². The molecule has 1 N–H and O–H groups in total. The molecule has 0 bridgehead atoms. The second-order valence-electron chi connectivity index (χ2n) is 4.94. The summed E-state index contributed by atoms with van der Waals surface area (Å²) in [6.07, 6.45) is 4.44. The SMILES string of the molecule is COC(=O)C1(c2ncc(-c3ccccc3)[nH]2)CCC1. The number of hydrogen-bond acceptors (Lipinski definition) is 3. The Kier molecular flexibility index (Phi) is 2.85. The number of hydrogen-bond donors (Lipinski definition) is 1. The molecule has 2 aromatic rings. The molecule has 1 aliphatic rings. The molecular weight excluding hydrogens is 240 g/mol. The van der Waals surface area contributed by atoms with Crippen molar-refractivity contribution in [2.75, 3.05) is 7.11 Å². The third kappa shape index (κ3) is 1.84. The van der Waals surface area contributed by atoms with Crippen molar-refractivity contribution in [2.45, 2.75) is 24.7 Å². The molecule has 0 amide bonds. The predicted molar refractivity (Wildman–Crippen MR) is 71.6 cm³/mol. The molecule has 0 aliphatic heterocycles. The molecule has 4 heteroatoms. The van der Waals surface area contributed by atoms with Crippen LogP contribution in [0, 0.1) is 0 Å². The maximum Gasteiger partial charge on any atom is 0.319 e. The summed E-state index contributed by atoms with van der Waals surface area (Å²) in [5.74, 6) is 0.539. The lowest BCUT2D eigenvalue weighted by molar-refractivity contribution is -0.151. The van der Waals surface area contributed by atoms with E-state index in [-0.39, 0.29) is 5.97 Å². The standard InChI is InChI=1S/C15H16N2O2/c1-19-14(18)15(8-5-9-15)13-16-10-12(17-13)11-6-3-2-4-7-11/h2-4,6-7,10H,5,8-9H2,1H3,(H,16,17). The lowest BCUT2D eigenvalue weighted by Gasteiger charge is -2.36. The molecular formula is C15H16N2O2. The van der Waals surface area contributed by atoms with Crippen LogP contribution in [0.15, 0.2) is 36.5 Å². The van der Waals surface area contributed by atoms with Crippen LogP contribution < -0.4 is 0 Å². The van der Waals surface area contributed by atoms with Gasteiger partial charge in [-0.25, -0.2) is 4.98 Å². The number of aromatic nitrogens is 2. The quantitative estimate of drug-likeness (QED) is 0.859. The van der Waals surface area contributed by atoms with Gasteiger partial charge in [0.05, 0.1) is 19.0 Å². The highest BCUT2D eigenvalue weighted by Gasteiger charge is 2.49. The van der Waals surface area contributed by atoms with Gasteiger partial charge < -0.3 is 9.72 Å². The molecule has 0 unspecified atom stereocenters. The Bertz CT molecular complexity index is 585. The Labute approximate surface area is 111 Å². The monoisotopic (exact) mass is 256 g/mol. The first-order valence-corrected chi connectivity index (χ1v) is 6.45. The van der Waals surface area contributed by atoms with Gasteiger partial charge in [-0.15, -0.1) is 0 Å². The van der Waals surface area contributed by atoms with Gasteiger partial charge in [0.2, 0.25) is 0 Å². The minimum Gasteiger partial charge on any atom is -0.468 e. The fourth-order valence-electron chi connectivity index (χ4n) is 2.59. The van der Waals surface area contributed by atoms with Gasteiger partial charge in [-0.3, -0.25) is 4.79 Å². The van der Waals surface area contributed by atoms with E-state index in [0.717, 1.165) is 36.3 Å². The fraction of sp³-hybridized carbons (Fsp3) is 0.333. The molecule has 0 radical (unpaired) electrons. The first-order valence-electron chi connectivity index (χ1n) is 6.45. The van der Waals surface area contributed by atoms with E-state index in [4.69, 9.17) is 4.74 Å². The van der Waals surface area contributed by atoms with Gasteiger partial charge in [0, 0.05) is 0 Å². The lowest BCUT2D eigenvalue weighted by atomic mass is 9.68. The number of carbonyl (C=O) groups excluding carboxylic acids is 1. The summed E-state index contributed by atoms with van der Waals surface area (Å²) in [5, 5.41) is 0. The molecule has 98 valence electrons. The van der Waals surface area contributed by atoms with Gasteiger partial charge in [-0.1, -0.05) is 36.8 Å². The number of methoxy groups -OCH3 is 1. The Morgan fingerprint density at radius 3 is 2.63 bits per heavy atom. The highest BCUT2D eigenvalue weighted by molar-refractivity contribution is 5.83. The van der Waals surface area contributed by atoms with Crippen LogP contribution in [0.3, 0.4) is 0 Å². The number of H-pyrrole nitrogens is 1. The summed E-state index contributed by atoms with van der Waals surface area (Å²) in [5.41, 5.74) is 1.45. The van der Waals surface area contributed by atoms with Crippen LogP contribution in [0.25, 0.3) is 11.3 Å². The zero-order chi connectivity index (χ0) is 13.3. The van der Waals surface area contributed by atoms with E-state index in [1.165, 1.54) is 7.11 Å². The van der Waals surface area contributed by atoms with Crippen LogP contribution >= 0.6 is 0 Å². The number of aromatic amines is 1. The third-order valence-electron chi connectivity index (χ3n) is 3.90. The molecule has 19 heavy (non-hydrogen) atoms. The van der Waals surface area contributed by atoms with E-state index in [1.54, 1.807) is 6.20 Å². The number of imidazole rings is 1. The van der Waals surface area contributed by atoms with Gasteiger partial charge in [-0.05, 0) is 18.4 Å². The Morgan fingerprint density at radius 1 is 1.32 bits per heavy atom. The first kappa shape index (κ1) is 12.0. The third-order valence-corrected chi connectivity index (χ3v) is 3.90. The van der Waals surface area contributed by atoms with Crippen molar-refractivity contribution in [1.82, 2.24) is 9.97 Å². The molecule has 1 aromatic heterocycles. The summed E-state index contributed by atoms with van der Waals surface area (Å²) >= 11 is 0. The second-order valence-corrected chi connectivity index (χ2v) is 4.94. The predicted octanol–water partition coefficient (Wildman–Crippen LogP) is 2.67. The summed E-state index contributed by atoms with van der Waals surface area (Å²) in [4.78, 5) is 19.7. The highest BCUT2D eigenvalue weighted by Crippen LogP contribution is 2.43. The zero-order valence-corrected chi connectivity index (χ0v) is 10.8. The average molecular weight is 256 g/mol. The Balaban J connectivity index is 1.95. The normalized spacial score (nSPS) is 16.7. The fourth-order valence-corrected chi connectivity index (χ4v) is 2.59. The van der Waals surface area contributed by atoms with E-state index in [1.807, 2.05) is 30.3 Å². The van der Waals surface area contributed by atoms with Gasteiger partial charge in [0.25, 0.3) is 0 Å². The Hall–Kier alpha value is -2.10. The van der Waals surface area contributed by atoms with E-state index in [0.29, 0.717) is 0 Å². The minimum atomic E-state index is -0.554. The van der Waals surface area contributed by atoms with Crippen molar-refractivity contribution in [1.29, 1.82) is 0 Å². The number of esters is 1. The van der Waals surface area contributed by atoms with Crippen molar-refractivity contribution >= 4 is 5.97 Å². The van der Waals surface area contributed by atoms with Crippen molar-refractivity contribution in [3.8, 4) is 11.3 Å². The molecule has 0 saturated heterocycles. The van der Waals surface area contributed by atoms with E-state index in [2.05, 4.69) is 9.97 Å². The molecule has 1 fully saturated rings. The molecule has 1 heterocycles. The number of benzene rings is 1. The van der Waals surface area contributed by atoms with Crippen LogP contribution in [0.4, 0.5) is 0 Å². The molecule has 3 rings (SSSR count). The number of carbonyl (C=O) groups is 1. The smallest absolute Gasteiger partial charge is 0.319 e. The lowest BCUT2D eigenvalue weighted by Crippen LogP contribution is -2.44. The highest BCUT2D eigenvalue weighted by atomic mass is 16.5. The maximum atomic E-state index is 12.0. The molecule has 0 atom stereocenters. The zero-order valence-electron chi connectivity index (χ0n) is 10.8. The van der Waals surface area contributed by atoms with Crippen LogP contribution in [0.5, 0.6) is 0 Å². The maximum absolute atomic E-state index is 12.0. The number of rotatable bonds is 3. The van der Waals surface area contributed by atoms with E-state index in [9.17, 15) is 4.79 Å². The number of nitrogens with zero attached hydrogens (tertiary/aromatic N) is 1. The minimum absolute atomic E-state index is 0.187. The number of nitrogens with one attached hydrogen (secondary N) is 1. The van der Waals surface area contributed by atoms with Gasteiger partial charge in [-0.2, -0.15) is 0 Å². The van der Waals surface area contributed by atoms with Gasteiger partial charge in [0.1, 0.15) is 11.2 Å². The molecule has 1 aromatic carbocycles. The molecule has 4 nitrogen and oxygen atoms in total. The van der Waals surface area contributed by atoms with Crippen molar-refractivity contribution < 1.29 is 9.53 Å². The Morgan fingerprint density at radius 2 is 2.05 bits per heavy atom. The van der Waals surface area contributed by atoms with Crippen LogP contribution in [-0.4, -0.2) is 23.0 Å². The second kappa shape index (κ2) is 4.53. The molecule has 1 aliphatic carbocycles. The average Bonchev–Trinajstić information content (AvgIpc) is 2.88. The summed E-state index contributed by atoms with van der Waals surface area (Å²) in [6.45, 7) is 0. The van der Waals surface area contributed by atoms with E-state index < -0.39 is 5.41 Å². The first-order chi connectivity index (χ1) is 9.26. The van der Waals surface area contributed by atoms with Crippen molar-refractivity contribution in [3.63, 3.8) is 0 Å². The van der Waals surface area contributed by atoms with Gasteiger partial charge >= 0.3 is 5.97 Å². The van der Waals surface area contributed by atoms with E-state index >= 15 is 0 Å². The summed E-state index contributed by atoms with van der Waals surface area (Å²) < 4.78 is 4.93. The van der Waals surface area contributed by atoms with Crippen LogP contribution in [0.1, 0.15) is 25.1 Å². The van der Waals surface area contributed by atoms with Crippen LogP contribution in [-0.2, 0) is 14.9 Å².